The van der Waals surface area contributed by atoms with Crippen LogP contribution in [0, 0.1) is 0 Å². The monoisotopic (exact) mass is 243 g/mol. The number of nitrogens with zero attached hydrogens (tertiary/aromatic N) is 1. The van der Waals surface area contributed by atoms with Crippen molar-refractivity contribution in [2.75, 3.05) is 39.5 Å². The largest absolute Gasteiger partial charge is 0.376 e. The third kappa shape index (κ3) is 3.83. The maximum Gasteiger partial charge on any atom is 0.314 e. The smallest absolute Gasteiger partial charge is 0.314 e. The molecule has 0 aliphatic carbocycles. The number of piperidine rings is 1. The second-order valence-corrected chi connectivity index (χ2v) is 4.58. The van der Waals surface area contributed by atoms with Gasteiger partial charge in [0.05, 0.1) is 25.9 Å². The first-order valence-corrected chi connectivity index (χ1v) is 6.23. The van der Waals surface area contributed by atoms with E-state index in [0.717, 1.165) is 32.5 Å². The van der Waals surface area contributed by atoms with Crippen LogP contribution in [0.3, 0.4) is 0 Å². The quantitative estimate of drug-likeness (QED) is 0.703. The summed E-state index contributed by atoms with van der Waals surface area (Å²) in [5.74, 6) is 0. The van der Waals surface area contributed by atoms with Gasteiger partial charge in [-0.15, -0.1) is 0 Å². The van der Waals surface area contributed by atoms with E-state index in [1.807, 2.05) is 0 Å². The van der Waals surface area contributed by atoms with Crippen LogP contribution < -0.4 is 11.1 Å². The molecule has 2 amide bonds. The summed E-state index contributed by atoms with van der Waals surface area (Å²) >= 11 is 0. The Kier molecular flexibility index (Phi) is 4.58. The zero-order chi connectivity index (χ0) is 12.1. The highest BCUT2D eigenvalue weighted by Crippen LogP contribution is 2.10. The Morgan fingerprint density at radius 1 is 1.35 bits per heavy atom. The van der Waals surface area contributed by atoms with Crippen molar-refractivity contribution < 1.29 is 14.3 Å². The van der Waals surface area contributed by atoms with E-state index in [0.29, 0.717) is 25.9 Å². The molecule has 6 heteroatoms. The second-order valence-electron chi connectivity index (χ2n) is 4.58. The van der Waals surface area contributed by atoms with Crippen LogP contribution in [0.25, 0.3) is 0 Å². The molecular formula is C11H21N3O3. The number of urea groups is 1. The van der Waals surface area contributed by atoms with Crippen molar-refractivity contribution in [3.63, 3.8) is 0 Å². The summed E-state index contributed by atoms with van der Waals surface area (Å²) in [5.41, 5.74) is 5.23. The number of nitrogens with two attached hydrogens (primary N) is 1. The summed E-state index contributed by atoms with van der Waals surface area (Å²) in [5, 5.41) is 3.47. The molecule has 6 nitrogen and oxygen atoms in total. The Morgan fingerprint density at radius 3 is 2.71 bits per heavy atom. The number of hydrogen-bond donors (Lipinski definition) is 2. The van der Waals surface area contributed by atoms with E-state index in [1.54, 1.807) is 4.90 Å². The number of primary amides is 1. The summed E-state index contributed by atoms with van der Waals surface area (Å²) < 4.78 is 10.9. The van der Waals surface area contributed by atoms with Crippen molar-refractivity contribution in [3.8, 4) is 0 Å². The van der Waals surface area contributed by atoms with Crippen LogP contribution in [-0.4, -0.2) is 62.5 Å². The van der Waals surface area contributed by atoms with Gasteiger partial charge in [-0.1, -0.05) is 0 Å². The number of likely N-dealkylation sites (tertiary alicyclic amines) is 1. The fourth-order valence-corrected chi connectivity index (χ4v) is 2.26. The summed E-state index contributed by atoms with van der Waals surface area (Å²) in [6.07, 6.45) is 2.07. The fraction of sp³-hybridized carbons (Fsp3) is 0.909. The molecule has 3 N–H and O–H groups in total. The number of ether oxygens (including phenoxy) is 2. The molecule has 0 spiro atoms. The molecule has 0 bridgehead atoms. The number of rotatable bonds is 3. The predicted octanol–water partition coefficient (Wildman–Crippen LogP) is -0.465. The lowest BCUT2D eigenvalue weighted by atomic mass is 10.1. The Morgan fingerprint density at radius 2 is 2.12 bits per heavy atom. The van der Waals surface area contributed by atoms with Crippen LogP contribution in [0.15, 0.2) is 0 Å². The molecular weight excluding hydrogens is 222 g/mol. The number of carbonyl (C=O) groups excluding carboxylic acids is 1. The van der Waals surface area contributed by atoms with Crippen molar-refractivity contribution >= 4 is 6.03 Å². The van der Waals surface area contributed by atoms with E-state index in [1.165, 1.54) is 0 Å². The third-order valence-electron chi connectivity index (χ3n) is 3.33. The summed E-state index contributed by atoms with van der Waals surface area (Å²) in [4.78, 5) is 12.7. The Hall–Kier alpha value is -0.850. The van der Waals surface area contributed by atoms with Crippen LogP contribution in [0.2, 0.25) is 0 Å². The first-order chi connectivity index (χ1) is 8.25. The minimum Gasteiger partial charge on any atom is -0.376 e. The molecule has 1 atom stereocenters. The van der Waals surface area contributed by atoms with E-state index in [2.05, 4.69) is 5.32 Å². The van der Waals surface area contributed by atoms with Gasteiger partial charge >= 0.3 is 6.03 Å². The van der Waals surface area contributed by atoms with Gasteiger partial charge in [-0.05, 0) is 12.8 Å². The van der Waals surface area contributed by atoms with E-state index in [9.17, 15) is 4.79 Å². The van der Waals surface area contributed by atoms with Gasteiger partial charge in [0.15, 0.2) is 0 Å². The first-order valence-electron chi connectivity index (χ1n) is 6.23. The third-order valence-corrected chi connectivity index (χ3v) is 3.33. The van der Waals surface area contributed by atoms with Crippen LogP contribution in [0.5, 0.6) is 0 Å². The molecule has 17 heavy (non-hydrogen) atoms. The highest BCUT2D eigenvalue weighted by atomic mass is 16.6. The lowest BCUT2D eigenvalue weighted by Gasteiger charge is -2.32. The van der Waals surface area contributed by atoms with Gasteiger partial charge in [0.25, 0.3) is 0 Å². The second kappa shape index (κ2) is 6.18. The number of nitrogens with one attached hydrogen (secondary N) is 1. The molecule has 2 saturated heterocycles. The molecule has 1 unspecified atom stereocenters. The Balaban J connectivity index is 1.62. The van der Waals surface area contributed by atoms with Crippen molar-refractivity contribution in [1.29, 1.82) is 0 Å². The van der Waals surface area contributed by atoms with E-state index in [-0.39, 0.29) is 12.1 Å². The molecule has 0 saturated carbocycles. The molecule has 2 aliphatic heterocycles. The minimum atomic E-state index is -0.313. The zero-order valence-electron chi connectivity index (χ0n) is 10.1. The van der Waals surface area contributed by atoms with Gasteiger partial charge in [0, 0.05) is 25.7 Å². The number of carbonyl (C=O) groups is 1. The van der Waals surface area contributed by atoms with Gasteiger partial charge < -0.3 is 25.4 Å². The van der Waals surface area contributed by atoms with Crippen molar-refractivity contribution in [3.05, 3.63) is 0 Å². The Labute approximate surface area is 101 Å². The zero-order valence-corrected chi connectivity index (χ0v) is 10.1. The van der Waals surface area contributed by atoms with Gasteiger partial charge in [0.2, 0.25) is 0 Å². The van der Waals surface area contributed by atoms with Crippen LogP contribution >= 0.6 is 0 Å². The number of hydrogen-bond acceptors (Lipinski definition) is 4. The lowest BCUT2D eigenvalue weighted by Crippen LogP contribution is -2.49. The van der Waals surface area contributed by atoms with Gasteiger partial charge in [0.1, 0.15) is 0 Å². The summed E-state index contributed by atoms with van der Waals surface area (Å²) in [6, 6.07) is 0.142. The average Bonchev–Trinajstić information content (AvgIpc) is 2.38. The molecule has 0 aromatic heterocycles. The SMILES string of the molecule is NC(=O)N1CCC(NCC2COCCO2)CC1. The predicted molar refractivity (Wildman–Crippen MR) is 62.7 cm³/mol. The van der Waals surface area contributed by atoms with Gasteiger partial charge in [-0.3, -0.25) is 0 Å². The highest BCUT2D eigenvalue weighted by Gasteiger charge is 2.22. The van der Waals surface area contributed by atoms with E-state index < -0.39 is 0 Å². The van der Waals surface area contributed by atoms with Crippen LogP contribution in [-0.2, 0) is 9.47 Å². The summed E-state index contributed by atoms with van der Waals surface area (Å²) in [6.45, 7) is 4.37. The molecule has 0 radical (unpaired) electrons. The average molecular weight is 243 g/mol. The van der Waals surface area contributed by atoms with E-state index in [4.69, 9.17) is 15.2 Å². The van der Waals surface area contributed by atoms with Gasteiger partial charge in [-0.2, -0.15) is 0 Å². The molecule has 2 rings (SSSR count). The molecule has 0 aromatic carbocycles. The van der Waals surface area contributed by atoms with Crippen molar-refractivity contribution in [2.24, 2.45) is 5.73 Å². The lowest BCUT2D eigenvalue weighted by molar-refractivity contribution is -0.0873. The molecule has 2 aliphatic rings. The standard InChI is InChI=1S/C11H21N3O3/c12-11(15)14-3-1-9(2-4-14)13-7-10-8-16-5-6-17-10/h9-10,13H,1-8H2,(H2,12,15). The normalized spacial score (nSPS) is 27.1. The van der Waals surface area contributed by atoms with Gasteiger partial charge in [-0.25, -0.2) is 4.79 Å². The van der Waals surface area contributed by atoms with Crippen LogP contribution in [0.4, 0.5) is 4.79 Å². The van der Waals surface area contributed by atoms with Crippen LogP contribution in [0.1, 0.15) is 12.8 Å². The minimum absolute atomic E-state index is 0.165. The summed E-state index contributed by atoms with van der Waals surface area (Å²) in [7, 11) is 0. The fourth-order valence-electron chi connectivity index (χ4n) is 2.26. The topological polar surface area (TPSA) is 76.8 Å². The molecule has 2 heterocycles. The number of amides is 2. The maximum atomic E-state index is 11.0. The van der Waals surface area contributed by atoms with E-state index >= 15 is 0 Å². The molecule has 98 valence electrons. The highest BCUT2D eigenvalue weighted by molar-refractivity contribution is 5.72. The molecule has 2 fully saturated rings. The van der Waals surface area contributed by atoms with Crippen molar-refractivity contribution in [1.82, 2.24) is 10.2 Å². The Bertz CT molecular complexity index is 248. The van der Waals surface area contributed by atoms with Crippen molar-refractivity contribution in [2.45, 2.75) is 25.0 Å². The maximum absolute atomic E-state index is 11.0. The molecule has 0 aromatic rings. The first kappa shape index (κ1) is 12.6.